The summed E-state index contributed by atoms with van der Waals surface area (Å²) in [4.78, 5) is 39.6. The van der Waals surface area contributed by atoms with E-state index in [1.54, 1.807) is 25.7 Å². The minimum atomic E-state index is -1.08. The van der Waals surface area contributed by atoms with E-state index >= 15 is 0 Å². The summed E-state index contributed by atoms with van der Waals surface area (Å²) >= 11 is 0. The van der Waals surface area contributed by atoms with Gasteiger partial charge in [-0.25, -0.2) is 4.79 Å². The molecular formula is C23H38N4O5. The van der Waals surface area contributed by atoms with Gasteiger partial charge in [-0.1, -0.05) is 25.0 Å². The summed E-state index contributed by atoms with van der Waals surface area (Å²) in [7, 11) is 0. The van der Waals surface area contributed by atoms with Crippen LogP contribution in [0.2, 0.25) is 0 Å². The first kappa shape index (κ1) is 24.5. The van der Waals surface area contributed by atoms with Crippen LogP contribution in [0.3, 0.4) is 0 Å². The van der Waals surface area contributed by atoms with Crippen molar-refractivity contribution in [1.29, 1.82) is 0 Å². The highest BCUT2D eigenvalue weighted by atomic mass is 16.6. The molecule has 32 heavy (non-hydrogen) atoms. The van der Waals surface area contributed by atoms with Crippen LogP contribution in [0.25, 0.3) is 0 Å². The molecule has 1 aliphatic carbocycles. The van der Waals surface area contributed by atoms with Crippen molar-refractivity contribution in [3.05, 3.63) is 12.2 Å². The molecule has 3 rings (SSSR count). The predicted octanol–water partition coefficient (Wildman–Crippen LogP) is 1.54. The van der Waals surface area contributed by atoms with E-state index in [0.717, 1.165) is 32.1 Å². The Kier molecular flexibility index (Phi) is 7.50. The number of hydrogen-bond acceptors (Lipinski definition) is 6. The largest absolute Gasteiger partial charge is 0.444 e. The maximum Gasteiger partial charge on any atom is 0.408 e. The minimum absolute atomic E-state index is 0.0492. The van der Waals surface area contributed by atoms with Crippen LogP contribution in [0, 0.1) is 5.92 Å². The first-order chi connectivity index (χ1) is 15.0. The van der Waals surface area contributed by atoms with Crippen molar-refractivity contribution in [2.75, 3.05) is 6.54 Å². The van der Waals surface area contributed by atoms with Gasteiger partial charge in [0.05, 0.1) is 6.04 Å². The van der Waals surface area contributed by atoms with Gasteiger partial charge in [0.2, 0.25) is 11.8 Å². The van der Waals surface area contributed by atoms with E-state index in [2.05, 4.69) is 16.7 Å². The van der Waals surface area contributed by atoms with E-state index in [0.29, 0.717) is 25.8 Å². The number of hydrogen-bond donors (Lipinski definition) is 4. The Morgan fingerprint density at radius 2 is 2.00 bits per heavy atom. The quantitative estimate of drug-likeness (QED) is 0.472. The number of nitrogens with zero attached hydrogens (tertiary/aromatic N) is 1. The third-order valence-corrected chi connectivity index (χ3v) is 6.53. The van der Waals surface area contributed by atoms with Crippen LogP contribution >= 0.6 is 0 Å². The zero-order chi connectivity index (χ0) is 23.5. The third-order valence-electron chi connectivity index (χ3n) is 6.53. The normalized spacial score (nSPS) is 35.0. The second kappa shape index (κ2) is 9.79. The van der Waals surface area contributed by atoms with Crippen LogP contribution in [0.4, 0.5) is 4.79 Å². The van der Waals surface area contributed by atoms with Crippen molar-refractivity contribution in [2.24, 2.45) is 11.7 Å². The number of carbonyl (C=O) groups is 3. The average Bonchev–Trinajstić information content (AvgIpc) is 3.16. The third kappa shape index (κ3) is 5.81. The number of rotatable bonds is 2. The number of alkyl carbamates (subject to hydrolysis) is 1. The summed E-state index contributed by atoms with van der Waals surface area (Å²) in [5.74, 6) is -0.768. The number of carbonyl (C=O) groups excluding carboxylic acids is 3. The van der Waals surface area contributed by atoms with Crippen LogP contribution in [0.5, 0.6) is 0 Å². The summed E-state index contributed by atoms with van der Waals surface area (Å²) in [6.07, 6.45) is 8.26. The minimum Gasteiger partial charge on any atom is -0.444 e. The highest BCUT2D eigenvalue weighted by Gasteiger charge is 2.59. The molecule has 9 nitrogen and oxygen atoms in total. The standard InChI is InChI=1S/C23H38N4O5/c1-22(2,3)32-21(31)25-16-11-8-6-4-5-7-10-15-14-23(15,20(24)30)26-18(28)17-12-9-13-27(17)19(16)29/h7,10,15-18,26,28H,4-6,8-9,11-14H2,1-3H3,(H2,24,30)(H,25,31)/b10-7-/t15-,16+,17+,18?,23-/m1/s1. The summed E-state index contributed by atoms with van der Waals surface area (Å²) in [6, 6.07) is -1.21. The highest BCUT2D eigenvalue weighted by molar-refractivity contribution is 5.89. The Morgan fingerprint density at radius 1 is 1.25 bits per heavy atom. The smallest absolute Gasteiger partial charge is 0.408 e. The van der Waals surface area contributed by atoms with Gasteiger partial charge in [-0.2, -0.15) is 0 Å². The van der Waals surface area contributed by atoms with Crippen LogP contribution in [0.1, 0.15) is 72.1 Å². The Hall–Kier alpha value is -2.13. The molecule has 0 bridgehead atoms. The Balaban J connectivity index is 1.79. The lowest BCUT2D eigenvalue weighted by molar-refractivity contribution is -0.137. The maximum absolute atomic E-state index is 13.4. The number of nitrogens with one attached hydrogen (secondary N) is 2. The second-order valence-electron chi connectivity index (χ2n) is 10.2. The fraction of sp³-hybridized carbons (Fsp3) is 0.783. The van der Waals surface area contributed by atoms with Crippen LogP contribution in [-0.2, 0) is 14.3 Å². The number of nitrogens with two attached hydrogens (primary N) is 1. The molecule has 1 unspecified atom stereocenters. The number of primary amides is 1. The number of allylic oxidation sites excluding steroid dienone is 1. The molecule has 5 N–H and O–H groups in total. The summed E-state index contributed by atoms with van der Waals surface area (Å²) < 4.78 is 5.36. The number of aliphatic hydroxyl groups excluding tert-OH is 1. The summed E-state index contributed by atoms with van der Waals surface area (Å²) in [5, 5.41) is 16.7. The van der Waals surface area contributed by atoms with Gasteiger partial charge in [0.25, 0.3) is 0 Å². The molecule has 0 aromatic carbocycles. The molecule has 2 aliphatic heterocycles. The van der Waals surface area contributed by atoms with Gasteiger partial charge in [-0.15, -0.1) is 0 Å². The molecule has 0 aromatic heterocycles. The van der Waals surface area contributed by atoms with Crippen molar-refractivity contribution in [3.8, 4) is 0 Å². The second-order valence-corrected chi connectivity index (χ2v) is 10.2. The molecule has 2 fully saturated rings. The first-order valence-electron chi connectivity index (χ1n) is 11.8. The lowest BCUT2D eigenvalue weighted by atomic mass is 10.0. The van der Waals surface area contributed by atoms with Crippen molar-refractivity contribution >= 4 is 17.9 Å². The van der Waals surface area contributed by atoms with Gasteiger partial charge >= 0.3 is 6.09 Å². The van der Waals surface area contributed by atoms with E-state index in [4.69, 9.17) is 10.5 Å². The summed E-state index contributed by atoms with van der Waals surface area (Å²) in [5.41, 5.74) is 4.03. The van der Waals surface area contributed by atoms with Crippen molar-refractivity contribution < 1.29 is 24.2 Å². The van der Waals surface area contributed by atoms with Gasteiger partial charge < -0.3 is 25.8 Å². The maximum atomic E-state index is 13.4. The van der Waals surface area contributed by atoms with Crippen LogP contribution < -0.4 is 16.4 Å². The zero-order valence-corrected chi connectivity index (χ0v) is 19.4. The highest BCUT2D eigenvalue weighted by Crippen LogP contribution is 2.45. The van der Waals surface area contributed by atoms with Gasteiger partial charge in [0.15, 0.2) is 0 Å². The number of aliphatic hydroxyl groups is 1. The SMILES string of the molecule is CC(C)(C)OC(=O)N[C@H]1CCCCC/C=C\[C@@H]2C[C@@]2(C(N)=O)NC(O)[C@@H]2CCCN2C1=O. The molecular weight excluding hydrogens is 412 g/mol. The molecule has 9 heteroatoms. The Morgan fingerprint density at radius 3 is 2.69 bits per heavy atom. The number of ether oxygens (including phenoxy) is 1. The van der Waals surface area contributed by atoms with Gasteiger partial charge in [0, 0.05) is 12.5 Å². The average molecular weight is 451 g/mol. The number of amides is 3. The molecule has 1 saturated carbocycles. The van der Waals surface area contributed by atoms with E-state index in [1.165, 1.54) is 0 Å². The lowest BCUT2D eigenvalue weighted by Crippen LogP contribution is -2.59. The molecule has 3 amide bonds. The topological polar surface area (TPSA) is 134 Å². The molecule has 180 valence electrons. The molecule has 1 saturated heterocycles. The molecule has 2 heterocycles. The molecule has 0 spiro atoms. The fourth-order valence-corrected chi connectivity index (χ4v) is 4.75. The van der Waals surface area contributed by atoms with Crippen LogP contribution in [0.15, 0.2) is 12.2 Å². The van der Waals surface area contributed by atoms with Crippen LogP contribution in [-0.4, -0.2) is 63.9 Å². The van der Waals surface area contributed by atoms with Gasteiger partial charge in [0.1, 0.15) is 23.4 Å². The van der Waals surface area contributed by atoms with Crippen molar-refractivity contribution in [1.82, 2.24) is 15.5 Å². The van der Waals surface area contributed by atoms with Crippen molar-refractivity contribution in [2.45, 2.75) is 102 Å². The van der Waals surface area contributed by atoms with E-state index in [1.807, 2.05) is 6.08 Å². The molecule has 3 aliphatic rings. The Bertz CT molecular complexity index is 749. The molecule has 5 atom stereocenters. The van der Waals surface area contributed by atoms with E-state index in [-0.39, 0.29) is 11.8 Å². The predicted molar refractivity (Wildman–Crippen MR) is 119 cm³/mol. The molecule has 0 aromatic rings. The molecule has 0 radical (unpaired) electrons. The monoisotopic (exact) mass is 450 g/mol. The first-order valence-corrected chi connectivity index (χ1v) is 11.8. The fourth-order valence-electron chi connectivity index (χ4n) is 4.75. The van der Waals surface area contributed by atoms with E-state index < -0.39 is 41.5 Å². The lowest BCUT2D eigenvalue weighted by Gasteiger charge is -2.34. The van der Waals surface area contributed by atoms with Crippen molar-refractivity contribution in [3.63, 3.8) is 0 Å². The Labute approximate surface area is 190 Å². The number of fused-ring (bicyclic) bond motifs is 2. The van der Waals surface area contributed by atoms with E-state index in [9.17, 15) is 19.5 Å². The summed E-state index contributed by atoms with van der Waals surface area (Å²) in [6.45, 7) is 5.81. The zero-order valence-electron chi connectivity index (χ0n) is 19.4. The van der Waals surface area contributed by atoms with Gasteiger partial charge in [-0.05, 0) is 59.3 Å². The van der Waals surface area contributed by atoms with Gasteiger partial charge in [-0.3, -0.25) is 14.9 Å².